The summed E-state index contributed by atoms with van der Waals surface area (Å²) in [5.41, 5.74) is 6.07. The average molecular weight is 215 g/mol. The maximum atomic E-state index is 5.87. The Morgan fingerprint density at radius 3 is 2.00 bits per heavy atom. The minimum atomic E-state index is 0.195. The van der Waals surface area contributed by atoms with Gasteiger partial charge in [-0.15, -0.1) is 0 Å². The fourth-order valence-corrected chi connectivity index (χ4v) is 1.78. The molecular weight excluding hydrogens is 186 g/mol. The van der Waals surface area contributed by atoms with Crippen LogP contribution in [0.5, 0.6) is 0 Å². The zero-order chi connectivity index (χ0) is 12.1. The van der Waals surface area contributed by atoms with E-state index in [2.05, 4.69) is 51.8 Å². The molecule has 92 valence electrons. The van der Waals surface area contributed by atoms with Crippen LogP contribution in [-0.2, 0) is 0 Å². The van der Waals surface area contributed by atoms with Gasteiger partial charge in [-0.1, -0.05) is 0 Å². The normalized spacial score (nSPS) is 15.0. The molecule has 0 aliphatic carbocycles. The molecule has 2 N–H and O–H groups in total. The van der Waals surface area contributed by atoms with Crippen LogP contribution >= 0.6 is 0 Å². The quantitative estimate of drug-likeness (QED) is 0.693. The lowest BCUT2D eigenvalue weighted by Gasteiger charge is -2.40. The van der Waals surface area contributed by atoms with Crippen molar-refractivity contribution in [2.24, 2.45) is 11.7 Å². The molecule has 0 saturated carbocycles. The van der Waals surface area contributed by atoms with Gasteiger partial charge in [0.05, 0.1) is 0 Å². The molecule has 3 nitrogen and oxygen atoms in total. The van der Waals surface area contributed by atoms with Gasteiger partial charge in [0.25, 0.3) is 0 Å². The number of nitrogens with two attached hydrogens (primary N) is 1. The molecule has 0 rings (SSSR count). The Balaban J connectivity index is 4.12. The molecule has 0 heterocycles. The van der Waals surface area contributed by atoms with E-state index < -0.39 is 0 Å². The van der Waals surface area contributed by atoms with Crippen LogP contribution in [0.1, 0.15) is 26.7 Å². The first-order valence-electron chi connectivity index (χ1n) is 5.84. The van der Waals surface area contributed by atoms with E-state index in [1.54, 1.807) is 0 Å². The molecule has 1 atom stereocenters. The maximum absolute atomic E-state index is 5.87. The van der Waals surface area contributed by atoms with Crippen LogP contribution in [0, 0.1) is 5.92 Å². The van der Waals surface area contributed by atoms with E-state index in [1.165, 1.54) is 12.8 Å². The molecule has 3 heteroatoms. The van der Waals surface area contributed by atoms with E-state index >= 15 is 0 Å². The standard InChI is InChI=1S/C12H29N3/c1-12(2,15(5)6)11(10-13)8-7-9-14(3)4/h11H,7-10,13H2,1-6H3. The Bertz CT molecular complexity index is 164. The SMILES string of the molecule is CN(C)CCCC(CN)C(C)(C)N(C)C. The van der Waals surface area contributed by atoms with Crippen LogP contribution in [-0.4, -0.2) is 56.6 Å². The van der Waals surface area contributed by atoms with Crippen LogP contribution in [0.3, 0.4) is 0 Å². The van der Waals surface area contributed by atoms with Gasteiger partial charge in [-0.2, -0.15) is 0 Å². The Morgan fingerprint density at radius 2 is 1.67 bits per heavy atom. The van der Waals surface area contributed by atoms with Crippen molar-refractivity contribution in [1.29, 1.82) is 0 Å². The van der Waals surface area contributed by atoms with Crippen LogP contribution in [0.15, 0.2) is 0 Å². The van der Waals surface area contributed by atoms with Crippen molar-refractivity contribution in [2.75, 3.05) is 41.3 Å². The topological polar surface area (TPSA) is 32.5 Å². The molecule has 0 aromatic heterocycles. The van der Waals surface area contributed by atoms with Gasteiger partial charge in [0, 0.05) is 5.54 Å². The van der Waals surface area contributed by atoms with Crippen molar-refractivity contribution >= 4 is 0 Å². The molecule has 0 saturated heterocycles. The highest BCUT2D eigenvalue weighted by atomic mass is 15.1. The zero-order valence-electron chi connectivity index (χ0n) is 11.4. The van der Waals surface area contributed by atoms with E-state index in [-0.39, 0.29) is 5.54 Å². The van der Waals surface area contributed by atoms with Crippen molar-refractivity contribution in [3.05, 3.63) is 0 Å². The van der Waals surface area contributed by atoms with Gasteiger partial charge in [0.15, 0.2) is 0 Å². The number of nitrogens with zero attached hydrogens (tertiary/aromatic N) is 2. The summed E-state index contributed by atoms with van der Waals surface area (Å²) in [5, 5.41) is 0. The number of rotatable bonds is 7. The molecule has 0 fully saturated rings. The number of hydrogen-bond acceptors (Lipinski definition) is 3. The highest BCUT2D eigenvalue weighted by Gasteiger charge is 2.29. The first kappa shape index (κ1) is 14.9. The highest BCUT2D eigenvalue weighted by Crippen LogP contribution is 2.25. The summed E-state index contributed by atoms with van der Waals surface area (Å²) in [7, 11) is 8.51. The summed E-state index contributed by atoms with van der Waals surface area (Å²) >= 11 is 0. The third-order valence-electron chi connectivity index (χ3n) is 3.59. The second-order valence-corrected chi connectivity index (χ2v) is 5.43. The van der Waals surface area contributed by atoms with Gasteiger partial charge >= 0.3 is 0 Å². The van der Waals surface area contributed by atoms with Gasteiger partial charge in [-0.05, 0) is 73.9 Å². The highest BCUT2D eigenvalue weighted by molar-refractivity contribution is 4.86. The Hall–Kier alpha value is -0.120. The first-order valence-corrected chi connectivity index (χ1v) is 5.84. The molecule has 0 radical (unpaired) electrons. The summed E-state index contributed by atoms with van der Waals surface area (Å²) < 4.78 is 0. The molecule has 0 aliphatic heterocycles. The minimum absolute atomic E-state index is 0.195. The largest absolute Gasteiger partial charge is 0.330 e. The van der Waals surface area contributed by atoms with Crippen molar-refractivity contribution in [3.63, 3.8) is 0 Å². The van der Waals surface area contributed by atoms with Gasteiger partial charge in [-0.25, -0.2) is 0 Å². The van der Waals surface area contributed by atoms with Crippen LogP contribution < -0.4 is 5.73 Å². The molecular formula is C12H29N3. The predicted octanol–water partition coefficient (Wildman–Crippen LogP) is 1.24. The summed E-state index contributed by atoms with van der Waals surface area (Å²) in [6.45, 7) is 6.49. The fraction of sp³-hybridized carbons (Fsp3) is 1.00. The van der Waals surface area contributed by atoms with Crippen molar-refractivity contribution < 1.29 is 0 Å². The molecule has 0 spiro atoms. The third kappa shape index (κ3) is 4.96. The molecule has 0 aliphatic rings. The number of hydrogen-bond donors (Lipinski definition) is 1. The van der Waals surface area contributed by atoms with Gasteiger partial charge < -0.3 is 15.5 Å². The minimum Gasteiger partial charge on any atom is -0.330 e. The smallest absolute Gasteiger partial charge is 0.0187 e. The summed E-state index contributed by atoms with van der Waals surface area (Å²) in [4.78, 5) is 4.51. The van der Waals surface area contributed by atoms with E-state index in [1.807, 2.05) is 0 Å². The van der Waals surface area contributed by atoms with E-state index in [9.17, 15) is 0 Å². The van der Waals surface area contributed by atoms with E-state index in [0.717, 1.165) is 13.1 Å². The van der Waals surface area contributed by atoms with Crippen molar-refractivity contribution in [3.8, 4) is 0 Å². The van der Waals surface area contributed by atoms with Crippen molar-refractivity contribution in [2.45, 2.75) is 32.2 Å². The Morgan fingerprint density at radius 1 is 1.13 bits per heavy atom. The third-order valence-corrected chi connectivity index (χ3v) is 3.59. The Labute approximate surface area is 95.6 Å². The molecule has 0 aromatic carbocycles. The molecule has 0 aromatic rings. The molecule has 1 unspecified atom stereocenters. The summed E-state index contributed by atoms with van der Waals surface area (Å²) in [6, 6.07) is 0. The van der Waals surface area contributed by atoms with Crippen LogP contribution in [0.2, 0.25) is 0 Å². The second-order valence-electron chi connectivity index (χ2n) is 5.43. The van der Waals surface area contributed by atoms with Gasteiger partial charge in [0.2, 0.25) is 0 Å². The summed E-state index contributed by atoms with van der Waals surface area (Å²) in [6.07, 6.45) is 2.44. The lowest BCUT2D eigenvalue weighted by atomic mass is 9.83. The van der Waals surface area contributed by atoms with Gasteiger partial charge in [-0.3, -0.25) is 0 Å². The Kier molecular flexibility index (Phi) is 6.41. The molecule has 0 amide bonds. The van der Waals surface area contributed by atoms with Crippen molar-refractivity contribution in [1.82, 2.24) is 9.80 Å². The molecule has 0 bridgehead atoms. The first-order chi connectivity index (χ1) is 6.82. The van der Waals surface area contributed by atoms with Crippen LogP contribution in [0.4, 0.5) is 0 Å². The predicted molar refractivity (Wildman–Crippen MR) is 68.1 cm³/mol. The maximum Gasteiger partial charge on any atom is 0.0187 e. The van der Waals surface area contributed by atoms with Gasteiger partial charge in [0.1, 0.15) is 0 Å². The van der Waals surface area contributed by atoms with E-state index in [4.69, 9.17) is 5.73 Å². The monoisotopic (exact) mass is 215 g/mol. The van der Waals surface area contributed by atoms with E-state index in [0.29, 0.717) is 5.92 Å². The molecule has 15 heavy (non-hydrogen) atoms. The second kappa shape index (κ2) is 6.46. The average Bonchev–Trinajstić information content (AvgIpc) is 2.11. The lowest BCUT2D eigenvalue weighted by molar-refractivity contribution is 0.111. The fourth-order valence-electron chi connectivity index (χ4n) is 1.78. The zero-order valence-corrected chi connectivity index (χ0v) is 11.4. The van der Waals surface area contributed by atoms with Crippen LogP contribution in [0.25, 0.3) is 0 Å². The summed E-state index contributed by atoms with van der Waals surface area (Å²) in [5.74, 6) is 0.576. The lowest BCUT2D eigenvalue weighted by Crippen LogP contribution is -2.48.